The second kappa shape index (κ2) is 5.89. The highest BCUT2D eigenvalue weighted by molar-refractivity contribution is 7.73. The van der Waals surface area contributed by atoms with Crippen LogP contribution in [0.2, 0.25) is 0 Å². The van der Waals surface area contributed by atoms with Crippen molar-refractivity contribution < 1.29 is 0 Å². The quantitative estimate of drug-likeness (QED) is 0.865. The van der Waals surface area contributed by atoms with Crippen LogP contribution in [0.5, 0.6) is 0 Å². The molecular formula is C13H24N4S2. The van der Waals surface area contributed by atoms with E-state index < -0.39 is 0 Å². The van der Waals surface area contributed by atoms with Crippen LogP contribution in [0.1, 0.15) is 40.5 Å². The van der Waals surface area contributed by atoms with E-state index in [9.17, 15) is 0 Å². The average Bonchev–Trinajstić information content (AvgIpc) is 2.60. The van der Waals surface area contributed by atoms with E-state index in [1.165, 1.54) is 12.8 Å². The molecule has 1 aromatic rings. The van der Waals surface area contributed by atoms with E-state index in [-0.39, 0.29) is 5.54 Å². The van der Waals surface area contributed by atoms with Gasteiger partial charge in [0.1, 0.15) is 0 Å². The molecule has 1 aliphatic rings. The van der Waals surface area contributed by atoms with Gasteiger partial charge in [-0.15, -0.1) is 5.10 Å². The Labute approximate surface area is 124 Å². The summed E-state index contributed by atoms with van der Waals surface area (Å²) in [6.07, 6.45) is 2.56. The summed E-state index contributed by atoms with van der Waals surface area (Å²) in [6.45, 7) is 11.9. The molecule has 108 valence electrons. The molecule has 2 rings (SSSR count). The van der Waals surface area contributed by atoms with Crippen molar-refractivity contribution in [3.05, 3.63) is 3.95 Å². The van der Waals surface area contributed by atoms with Gasteiger partial charge in [-0.3, -0.25) is 4.90 Å². The molecule has 1 fully saturated rings. The fraction of sp³-hybridized carbons (Fsp3) is 0.846. The first-order chi connectivity index (χ1) is 8.83. The molecule has 0 aromatic carbocycles. The first-order valence-corrected chi connectivity index (χ1v) is 8.14. The van der Waals surface area contributed by atoms with Crippen molar-refractivity contribution in [3.63, 3.8) is 0 Å². The molecule has 0 atom stereocenters. The minimum atomic E-state index is 0.0258. The molecule has 0 spiro atoms. The molecule has 0 bridgehead atoms. The first-order valence-electron chi connectivity index (χ1n) is 6.92. The van der Waals surface area contributed by atoms with Gasteiger partial charge in [-0.05, 0) is 51.7 Å². The Hall–Kier alpha value is -0.460. The topological polar surface area (TPSA) is 33.1 Å². The molecule has 4 nitrogen and oxygen atoms in total. The molecule has 1 aliphatic heterocycles. The number of aromatic nitrogens is 2. The van der Waals surface area contributed by atoms with Crippen molar-refractivity contribution in [3.8, 4) is 0 Å². The molecule has 19 heavy (non-hydrogen) atoms. The first kappa shape index (κ1) is 14.9. The monoisotopic (exact) mass is 300 g/mol. The largest absolute Gasteiger partial charge is 0.356 e. The van der Waals surface area contributed by atoms with Gasteiger partial charge >= 0.3 is 0 Å². The molecule has 0 aliphatic carbocycles. The minimum Gasteiger partial charge on any atom is -0.356 e. The van der Waals surface area contributed by atoms with E-state index in [0.717, 1.165) is 34.8 Å². The maximum atomic E-state index is 5.41. The summed E-state index contributed by atoms with van der Waals surface area (Å²) in [5, 5.41) is 8.89. The molecule has 0 saturated carbocycles. The van der Waals surface area contributed by atoms with Crippen LogP contribution in [0.4, 0.5) is 5.13 Å². The second-order valence-electron chi connectivity index (χ2n) is 6.49. The van der Waals surface area contributed by atoms with Crippen LogP contribution in [0.3, 0.4) is 0 Å². The fourth-order valence-electron chi connectivity index (χ4n) is 2.16. The van der Waals surface area contributed by atoms with Crippen molar-refractivity contribution >= 4 is 28.7 Å². The van der Waals surface area contributed by atoms with E-state index in [0.29, 0.717) is 0 Å². The van der Waals surface area contributed by atoms with Crippen molar-refractivity contribution in [2.45, 2.75) is 52.7 Å². The lowest BCUT2D eigenvalue weighted by molar-refractivity contribution is 0.146. The summed E-state index contributed by atoms with van der Waals surface area (Å²) in [5.41, 5.74) is 0.0258. The van der Waals surface area contributed by atoms with Crippen LogP contribution < -0.4 is 5.32 Å². The van der Waals surface area contributed by atoms with Gasteiger partial charge in [0, 0.05) is 18.6 Å². The van der Waals surface area contributed by atoms with Gasteiger partial charge in [0.05, 0.1) is 6.67 Å². The van der Waals surface area contributed by atoms with Crippen LogP contribution in [0.25, 0.3) is 0 Å². The third-order valence-electron chi connectivity index (χ3n) is 3.30. The summed E-state index contributed by atoms with van der Waals surface area (Å²) in [5.74, 6) is 0.859. The Balaban J connectivity index is 1.99. The van der Waals surface area contributed by atoms with Gasteiger partial charge in [-0.1, -0.05) is 18.3 Å². The van der Waals surface area contributed by atoms with Crippen molar-refractivity contribution in [1.82, 2.24) is 14.7 Å². The number of nitrogens with zero attached hydrogens (tertiary/aromatic N) is 3. The van der Waals surface area contributed by atoms with E-state index in [2.05, 4.69) is 43.0 Å². The molecule has 0 amide bonds. The molecular weight excluding hydrogens is 276 g/mol. The van der Waals surface area contributed by atoms with Gasteiger partial charge in [0.2, 0.25) is 5.13 Å². The van der Waals surface area contributed by atoms with Crippen molar-refractivity contribution in [1.29, 1.82) is 0 Å². The average molecular weight is 300 g/mol. The van der Waals surface area contributed by atoms with Crippen molar-refractivity contribution in [2.24, 2.45) is 5.92 Å². The van der Waals surface area contributed by atoms with E-state index in [1.54, 1.807) is 11.3 Å². The lowest BCUT2D eigenvalue weighted by Gasteiger charge is -2.29. The molecule has 2 heterocycles. The van der Waals surface area contributed by atoms with Crippen LogP contribution in [-0.2, 0) is 6.67 Å². The molecule has 1 saturated heterocycles. The van der Waals surface area contributed by atoms with Crippen molar-refractivity contribution in [2.75, 3.05) is 18.4 Å². The second-order valence-corrected chi connectivity index (χ2v) is 8.11. The summed E-state index contributed by atoms with van der Waals surface area (Å²) >= 11 is 6.97. The predicted octanol–water partition coefficient (Wildman–Crippen LogP) is 3.57. The van der Waals surface area contributed by atoms with Crippen LogP contribution in [0, 0.1) is 9.87 Å². The van der Waals surface area contributed by atoms with E-state index >= 15 is 0 Å². The number of nitrogens with one attached hydrogen (secondary N) is 1. The number of rotatable bonds is 3. The maximum absolute atomic E-state index is 5.41. The van der Waals surface area contributed by atoms with E-state index in [1.807, 2.05) is 4.68 Å². The van der Waals surface area contributed by atoms with Gasteiger partial charge in [0.15, 0.2) is 3.95 Å². The summed E-state index contributed by atoms with van der Waals surface area (Å²) in [7, 11) is 0. The summed E-state index contributed by atoms with van der Waals surface area (Å²) in [6, 6.07) is 0. The highest BCUT2D eigenvalue weighted by Gasteiger charge is 2.18. The molecule has 1 aromatic heterocycles. The zero-order chi connectivity index (χ0) is 14.0. The Kier molecular flexibility index (Phi) is 4.63. The number of likely N-dealkylation sites (tertiary alicyclic amines) is 1. The Morgan fingerprint density at radius 1 is 1.37 bits per heavy atom. The zero-order valence-electron chi connectivity index (χ0n) is 12.3. The highest BCUT2D eigenvalue weighted by atomic mass is 32.1. The number of hydrogen-bond acceptors (Lipinski definition) is 5. The Morgan fingerprint density at radius 2 is 2.00 bits per heavy atom. The van der Waals surface area contributed by atoms with Gasteiger partial charge in [-0.2, -0.15) is 0 Å². The fourth-order valence-corrected chi connectivity index (χ4v) is 3.36. The summed E-state index contributed by atoms with van der Waals surface area (Å²) in [4.78, 5) is 2.44. The highest BCUT2D eigenvalue weighted by Crippen LogP contribution is 2.21. The van der Waals surface area contributed by atoms with Gasteiger partial charge in [0.25, 0.3) is 0 Å². The zero-order valence-corrected chi connectivity index (χ0v) is 13.9. The third kappa shape index (κ3) is 4.54. The lowest BCUT2D eigenvalue weighted by atomic mass is 10.00. The summed E-state index contributed by atoms with van der Waals surface area (Å²) < 4.78 is 2.80. The van der Waals surface area contributed by atoms with E-state index in [4.69, 9.17) is 12.2 Å². The number of anilines is 1. The Morgan fingerprint density at radius 3 is 2.58 bits per heavy atom. The van der Waals surface area contributed by atoms with Crippen LogP contribution in [-0.4, -0.2) is 33.3 Å². The predicted molar refractivity (Wildman–Crippen MR) is 84.3 cm³/mol. The Bertz CT molecular complexity index is 464. The number of piperidine rings is 1. The normalized spacial score (nSPS) is 18.7. The minimum absolute atomic E-state index is 0.0258. The third-order valence-corrected chi connectivity index (χ3v) is 4.52. The number of hydrogen-bond donors (Lipinski definition) is 1. The molecule has 0 unspecified atom stereocenters. The lowest BCUT2D eigenvalue weighted by Crippen LogP contribution is -2.34. The maximum Gasteiger partial charge on any atom is 0.205 e. The van der Waals surface area contributed by atoms with Gasteiger partial charge in [-0.25, -0.2) is 4.68 Å². The molecule has 6 heteroatoms. The molecule has 0 radical (unpaired) electrons. The van der Waals surface area contributed by atoms with Gasteiger partial charge < -0.3 is 5.32 Å². The smallest absolute Gasteiger partial charge is 0.205 e. The van der Waals surface area contributed by atoms with Crippen LogP contribution in [0.15, 0.2) is 0 Å². The standard InChI is InChI=1S/C13H24N4S2/c1-10-5-7-16(8-6-10)9-17-12(18)19-11(15-17)14-13(2,3)4/h10H,5-9H2,1-4H3,(H,14,15). The SMILES string of the molecule is CC1CCN(Cn2nc(NC(C)(C)C)sc2=S)CC1. The van der Waals surface area contributed by atoms with Crippen LogP contribution >= 0.6 is 23.6 Å². The molecule has 1 N–H and O–H groups in total.